The Kier molecular flexibility index (Phi) is 7.38. The number of rotatable bonds is 7. The number of fused-ring (bicyclic) bond motifs is 1. The molecule has 1 atom stereocenters. The molecule has 0 amide bonds. The first kappa shape index (κ1) is 24.0. The van der Waals surface area contributed by atoms with Gasteiger partial charge < -0.3 is 9.47 Å². The monoisotopic (exact) mass is 472 g/mol. The molecule has 4 rings (SSSR count). The molecule has 176 valence electrons. The Labute approximate surface area is 206 Å². The lowest BCUT2D eigenvalue weighted by Gasteiger charge is -2.33. The lowest BCUT2D eigenvalue weighted by atomic mass is 9.72. The smallest absolute Gasteiger partial charge is 0.161 e. The van der Waals surface area contributed by atoms with Crippen LogP contribution in [0.2, 0.25) is 0 Å². The summed E-state index contributed by atoms with van der Waals surface area (Å²) in [5.74, 6) is 2.04. The molecule has 0 saturated heterocycles. The van der Waals surface area contributed by atoms with E-state index in [-0.39, 0.29) is 5.41 Å². The highest BCUT2D eigenvalue weighted by Gasteiger charge is 2.32. The third-order valence-corrected chi connectivity index (χ3v) is 7.58. The third-order valence-electron chi connectivity index (χ3n) is 6.42. The average molecular weight is 473 g/mol. The van der Waals surface area contributed by atoms with Crippen molar-refractivity contribution in [3.05, 3.63) is 75.7 Å². The van der Waals surface area contributed by atoms with E-state index in [1.165, 1.54) is 10.4 Å². The summed E-state index contributed by atoms with van der Waals surface area (Å²) in [5, 5.41) is 10.6. The molecule has 1 aliphatic carbocycles. The van der Waals surface area contributed by atoms with E-state index >= 15 is 0 Å². The first-order chi connectivity index (χ1) is 16.4. The molecule has 1 aromatic heterocycles. The molecule has 4 nitrogen and oxygen atoms in total. The molecule has 0 spiro atoms. The highest BCUT2D eigenvalue weighted by atomic mass is 32.1. The van der Waals surface area contributed by atoms with Crippen LogP contribution in [0.15, 0.2) is 53.5 Å². The first-order valence-corrected chi connectivity index (χ1v) is 12.7. The van der Waals surface area contributed by atoms with Crippen molar-refractivity contribution < 1.29 is 9.47 Å². The van der Waals surface area contributed by atoms with Gasteiger partial charge in [0, 0.05) is 11.1 Å². The van der Waals surface area contributed by atoms with Gasteiger partial charge in [-0.25, -0.2) is 4.99 Å². The Hall–Kier alpha value is -3.10. The van der Waals surface area contributed by atoms with Gasteiger partial charge in [0.2, 0.25) is 0 Å². The highest BCUT2D eigenvalue weighted by molar-refractivity contribution is 7.16. The van der Waals surface area contributed by atoms with Crippen LogP contribution in [0.25, 0.3) is 0 Å². The fourth-order valence-corrected chi connectivity index (χ4v) is 5.60. The van der Waals surface area contributed by atoms with Crippen molar-refractivity contribution in [1.29, 1.82) is 5.26 Å². The Morgan fingerprint density at radius 3 is 2.62 bits per heavy atom. The molecule has 5 heteroatoms. The molecule has 0 radical (unpaired) electrons. The molecule has 0 bridgehead atoms. The molecule has 3 aromatic rings. The molecule has 0 saturated carbocycles. The zero-order chi connectivity index (χ0) is 24.1. The lowest BCUT2D eigenvalue weighted by molar-refractivity contribution is 0.218. The maximum atomic E-state index is 9.84. The van der Waals surface area contributed by atoms with Crippen molar-refractivity contribution in [1.82, 2.24) is 0 Å². The van der Waals surface area contributed by atoms with Crippen LogP contribution in [0, 0.1) is 22.7 Å². The summed E-state index contributed by atoms with van der Waals surface area (Å²) < 4.78 is 11.8. The number of hydrogen-bond donors (Lipinski definition) is 0. The fourth-order valence-electron chi connectivity index (χ4n) is 4.38. The van der Waals surface area contributed by atoms with E-state index in [1.807, 2.05) is 61.7 Å². The minimum Gasteiger partial charge on any atom is -0.490 e. The first-order valence-electron chi connectivity index (χ1n) is 11.9. The minimum atomic E-state index is 0.276. The van der Waals surface area contributed by atoms with E-state index in [4.69, 9.17) is 14.5 Å². The van der Waals surface area contributed by atoms with E-state index in [1.54, 1.807) is 11.3 Å². The second-order valence-corrected chi connectivity index (χ2v) is 10.9. The molecule has 0 aliphatic heterocycles. The van der Waals surface area contributed by atoms with Crippen LogP contribution < -0.4 is 9.47 Å². The van der Waals surface area contributed by atoms with Crippen molar-refractivity contribution in [2.45, 2.75) is 53.6 Å². The topological polar surface area (TPSA) is 54.6 Å². The van der Waals surface area contributed by atoms with E-state index in [9.17, 15) is 5.26 Å². The zero-order valence-corrected chi connectivity index (χ0v) is 21.2. The summed E-state index contributed by atoms with van der Waals surface area (Å²) in [6.45, 7) is 9.92. The van der Waals surface area contributed by atoms with Crippen LogP contribution in [0.4, 0.5) is 5.00 Å². The standard InChI is InChI=1S/C29H32N2O2S/c1-5-32-26-15-21(11-14-25(26)33-19-20-9-7-6-8-10-20)18-31-28-24(17-30)23-13-12-22(29(2,3)4)16-27(23)34-28/h6-11,14-15,18,22H,5,12-13,16,19H2,1-4H3/t22-/m1/s1. The predicted octanol–water partition coefficient (Wildman–Crippen LogP) is 7.50. The summed E-state index contributed by atoms with van der Waals surface area (Å²) >= 11 is 1.67. The van der Waals surface area contributed by atoms with Gasteiger partial charge in [0.25, 0.3) is 0 Å². The van der Waals surface area contributed by atoms with Crippen LogP contribution in [0.1, 0.15) is 61.2 Å². The van der Waals surface area contributed by atoms with Crippen LogP contribution in [0.5, 0.6) is 11.5 Å². The molecule has 0 fully saturated rings. The van der Waals surface area contributed by atoms with E-state index in [0.29, 0.717) is 30.6 Å². The van der Waals surface area contributed by atoms with Gasteiger partial charge in [-0.2, -0.15) is 5.26 Å². The summed E-state index contributed by atoms with van der Waals surface area (Å²) in [5.41, 5.74) is 4.25. The normalized spacial score (nSPS) is 15.7. The highest BCUT2D eigenvalue weighted by Crippen LogP contribution is 2.45. The van der Waals surface area contributed by atoms with Crippen molar-refractivity contribution in [2.24, 2.45) is 16.3 Å². The zero-order valence-electron chi connectivity index (χ0n) is 20.4. The summed E-state index contributed by atoms with van der Waals surface area (Å²) in [6, 6.07) is 18.3. The molecular weight excluding hydrogens is 440 g/mol. The van der Waals surface area contributed by atoms with Crippen LogP contribution in [-0.4, -0.2) is 12.8 Å². The minimum absolute atomic E-state index is 0.276. The van der Waals surface area contributed by atoms with Crippen LogP contribution in [-0.2, 0) is 19.4 Å². The maximum absolute atomic E-state index is 9.84. The third kappa shape index (κ3) is 5.51. The number of nitriles is 1. The number of thiophene rings is 1. The van der Waals surface area contributed by atoms with Crippen molar-refractivity contribution in [2.75, 3.05) is 6.61 Å². The predicted molar refractivity (Wildman–Crippen MR) is 140 cm³/mol. The molecule has 34 heavy (non-hydrogen) atoms. The second-order valence-electron chi connectivity index (χ2n) is 9.77. The molecule has 0 unspecified atom stereocenters. The summed E-state index contributed by atoms with van der Waals surface area (Å²) in [7, 11) is 0. The maximum Gasteiger partial charge on any atom is 0.161 e. The second kappa shape index (κ2) is 10.4. The van der Waals surface area contributed by atoms with Gasteiger partial charge in [-0.15, -0.1) is 11.3 Å². The van der Waals surface area contributed by atoms with E-state index < -0.39 is 0 Å². The van der Waals surface area contributed by atoms with E-state index in [2.05, 4.69) is 26.8 Å². The average Bonchev–Trinajstić information content (AvgIpc) is 3.19. The van der Waals surface area contributed by atoms with Gasteiger partial charge in [-0.05, 0) is 72.4 Å². The van der Waals surface area contributed by atoms with E-state index in [0.717, 1.165) is 41.0 Å². The summed E-state index contributed by atoms with van der Waals surface area (Å²) in [6.07, 6.45) is 4.96. The van der Waals surface area contributed by atoms with Crippen LogP contribution >= 0.6 is 11.3 Å². The molecule has 1 heterocycles. The fraction of sp³-hybridized carbons (Fsp3) is 0.379. The number of nitrogens with zero attached hydrogens (tertiary/aromatic N) is 2. The Morgan fingerprint density at radius 2 is 1.91 bits per heavy atom. The van der Waals surface area contributed by atoms with Gasteiger partial charge in [0.1, 0.15) is 17.7 Å². The Bertz CT molecular complexity index is 1200. The van der Waals surface area contributed by atoms with Gasteiger partial charge >= 0.3 is 0 Å². The number of aliphatic imine (C=N–C) groups is 1. The quantitative estimate of drug-likeness (QED) is 0.335. The Morgan fingerprint density at radius 1 is 1.12 bits per heavy atom. The van der Waals surface area contributed by atoms with Gasteiger partial charge in [0.05, 0.1) is 12.2 Å². The van der Waals surface area contributed by atoms with Crippen molar-refractivity contribution in [3.63, 3.8) is 0 Å². The van der Waals surface area contributed by atoms with Crippen molar-refractivity contribution >= 4 is 22.6 Å². The SMILES string of the molecule is CCOc1cc(C=Nc2sc3c(c2C#N)CC[C@@H](C(C)(C)C)C3)ccc1OCc1ccccc1. The Balaban J connectivity index is 1.54. The lowest BCUT2D eigenvalue weighted by Crippen LogP contribution is -2.26. The van der Waals surface area contributed by atoms with Gasteiger partial charge in [-0.3, -0.25) is 0 Å². The number of benzene rings is 2. The number of ether oxygens (including phenoxy) is 2. The summed E-state index contributed by atoms with van der Waals surface area (Å²) in [4.78, 5) is 6.07. The van der Waals surface area contributed by atoms with Crippen molar-refractivity contribution in [3.8, 4) is 17.6 Å². The number of hydrogen-bond acceptors (Lipinski definition) is 5. The molecule has 0 N–H and O–H groups in total. The van der Waals surface area contributed by atoms with Gasteiger partial charge in [-0.1, -0.05) is 51.1 Å². The largest absolute Gasteiger partial charge is 0.490 e. The molecule has 1 aliphatic rings. The van der Waals surface area contributed by atoms with Crippen LogP contribution in [0.3, 0.4) is 0 Å². The molecule has 2 aromatic carbocycles. The van der Waals surface area contributed by atoms with Gasteiger partial charge in [0.15, 0.2) is 11.5 Å². The molecular formula is C29H32N2O2S.